The number of hydrogen-bond donors (Lipinski definition) is 1. The van der Waals surface area contributed by atoms with E-state index in [1.165, 1.54) is 48.4 Å². The lowest BCUT2D eigenvalue weighted by Gasteiger charge is -2.32. The summed E-state index contributed by atoms with van der Waals surface area (Å²) >= 11 is 12.4. The van der Waals surface area contributed by atoms with Crippen molar-refractivity contribution >= 4 is 50.7 Å². The number of anilines is 1. The van der Waals surface area contributed by atoms with Gasteiger partial charge < -0.3 is 15.0 Å². The normalized spacial score (nSPS) is 12.8. The maximum atomic E-state index is 13.9. The molecule has 2 amide bonds. The molecule has 0 aliphatic rings. The predicted molar refractivity (Wildman–Crippen MR) is 158 cm³/mol. The second-order valence-corrected chi connectivity index (χ2v) is 12.0. The van der Waals surface area contributed by atoms with Crippen LogP contribution in [0.25, 0.3) is 0 Å². The quantitative estimate of drug-likeness (QED) is 0.293. The maximum absolute atomic E-state index is 13.9. The molecule has 0 unspecified atom stereocenters. The van der Waals surface area contributed by atoms with Gasteiger partial charge in [0.2, 0.25) is 11.8 Å². The van der Waals surface area contributed by atoms with E-state index in [1.807, 2.05) is 13.8 Å². The van der Waals surface area contributed by atoms with Crippen molar-refractivity contribution in [3.63, 3.8) is 0 Å². The van der Waals surface area contributed by atoms with Gasteiger partial charge in [0, 0.05) is 22.6 Å². The van der Waals surface area contributed by atoms with Crippen molar-refractivity contribution in [2.24, 2.45) is 0 Å². The van der Waals surface area contributed by atoms with Gasteiger partial charge in [0.1, 0.15) is 18.3 Å². The van der Waals surface area contributed by atoms with Crippen molar-refractivity contribution in [3.05, 3.63) is 88.4 Å². The molecule has 40 heavy (non-hydrogen) atoms. The molecule has 2 atom stereocenters. The zero-order valence-electron chi connectivity index (χ0n) is 22.8. The Kier molecular flexibility index (Phi) is 10.8. The molecule has 0 saturated heterocycles. The lowest BCUT2D eigenvalue weighted by Crippen LogP contribution is -2.52. The Morgan fingerprint density at radius 1 is 0.950 bits per heavy atom. The van der Waals surface area contributed by atoms with Crippen LogP contribution in [-0.2, 0) is 26.2 Å². The molecule has 0 heterocycles. The molecular formula is C29H33Cl2N3O5S. The summed E-state index contributed by atoms with van der Waals surface area (Å²) in [5.41, 5.74) is 0.861. The van der Waals surface area contributed by atoms with Crippen molar-refractivity contribution < 1.29 is 22.7 Å². The second-order valence-electron chi connectivity index (χ2n) is 9.27. The van der Waals surface area contributed by atoms with Crippen LogP contribution >= 0.6 is 23.2 Å². The number of rotatable bonds is 12. The maximum Gasteiger partial charge on any atom is 0.264 e. The molecule has 0 aromatic heterocycles. The zero-order chi connectivity index (χ0) is 29.4. The van der Waals surface area contributed by atoms with Crippen LogP contribution in [0.2, 0.25) is 10.0 Å². The number of ether oxygens (including phenoxy) is 1. The van der Waals surface area contributed by atoms with Crippen LogP contribution in [0.15, 0.2) is 77.7 Å². The molecule has 8 nitrogen and oxygen atoms in total. The largest absolute Gasteiger partial charge is 0.497 e. The molecule has 0 aliphatic heterocycles. The second kappa shape index (κ2) is 13.9. The highest BCUT2D eigenvalue weighted by molar-refractivity contribution is 7.92. The number of carbonyl (C=O) groups excluding carboxylic acids is 2. The number of nitrogens with zero attached hydrogens (tertiary/aromatic N) is 2. The van der Waals surface area contributed by atoms with Crippen LogP contribution in [0, 0.1) is 0 Å². The van der Waals surface area contributed by atoms with E-state index in [0.29, 0.717) is 27.8 Å². The lowest BCUT2D eigenvalue weighted by molar-refractivity contribution is -0.139. The minimum Gasteiger partial charge on any atom is -0.497 e. The Labute approximate surface area is 245 Å². The van der Waals surface area contributed by atoms with Gasteiger partial charge >= 0.3 is 0 Å². The van der Waals surface area contributed by atoms with Gasteiger partial charge in [0.15, 0.2) is 0 Å². The molecule has 0 fully saturated rings. The smallest absolute Gasteiger partial charge is 0.264 e. The molecule has 0 radical (unpaired) electrons. The summed E-state index contributed by atoms with van der Waals surface area (Å²) in [5, 5.41) is 3.73. The number of nitrogens with one attached hydrogen (secondary N) is 1. The number of sulfonamides is 1. The van der Waals surface area contributed by atoms with Gasteiger partial charge in [0.05, 0.1) is 17.7 Å². The number of benzene rings is 3. The third-order valence-electron chi connectivity index (χ3n) is 6.51. The summed E-state index contributed by atoms with van der Waals surface area (Å²) in [6.07, 6.45) is 0.710. The van der Waals surface area contributed by atoms with E-state index in [2.05, 4.69) is 5.32 Å². The number of hydrogen-bond acceptors (Lipinski definition) is 5. The summed E-state index contributed by atoms with van der Waals surface area (Å²) in [7, 11) is -2.73. The topological polar surface area (TPSA) is 96.0 Å². The fourth-order valence-corrected chi connectivity index (χ4v) is 5.60. The molecule has 1 N–H and O–H groups in total. The number of methoxy groups -OCH3 is 1. The van der Waals surface area contributed by atoms with Crippen molar-refractivity contribution in [1.29, 1.82) is 0 Å². The first-order valence-electron chi connectivity index (χ1n) is 12.7. The molecule has 0 spiro atoms. The van der Waals surface area contributed by atoms with Crippen LogP contribution in [0.4, 0.5) is 5.69 Å². The van der Waals surface area contributed by atoms with Crippen LogP contribution < -0.4 is 14.4 Å². The van der Waals surface area contributed by atoms with E-state index in [-0.39, 0.29) is 29.1 Å². The van der Waals surface area contributed by atoms with Crippen LogP contribution in [0.3, 0.4) is 0 Å². The van der Waals surface area contributed by atoms with Crippen LogP contribution in [-0.4, -0.2) is 50.9 Å². The molecule has 214 valence electrons. The zero-order valence-corrected chi connectivity index (χ0v) is 25.1. The molecular weight excluding hydrogens is 573 g/mol. The molecule has 3 aromatic rings. The number of carbonyl (C=O) groups is 2. The molecule has 0 saturated carbocycles. The van der Waals surface area contributed by atoms with Gasteiger partial charge in [0.25, 0.3) is 10.0 Å². The Morgan fingerprint density at radius 3 is 2.15 bits per heavy atom. The molecule has 0 bridgehead atoms. The Bertz CT molecular complexity index is 1420. The van der Waals surface area contributed by atoms with E-state index in [0.717, 1.165) is 4.31 Å². The monoisotopic (exact) mass is 605 g/mol. The molecule has 11 heteroatoms. The van der Waals surface area contributed by atoms with E-state index >= 15 is 0 Å². The molecule has 3 rings (SSSR count). The Balaban J connectivity index is 2.03. The fraction of sp³-hybridized carbons (Fsp3) is 0.310. The summed E-state index contributed by atoms with van der Waals surface area (Å²) in [6, 6.07) is 18.0. The average Bonchev–Trinajstić information content (AvgIpc) is 2.95. The van der Waals surface area contributed by atoms with E-state index < -0.39 is 28.5 Å². The van der Waals surface area contributed by atoms with Crippen molar-refractivity contribution in [2.75, 3.05) is 18.0 Å². The third-order valence-corrected chi connectivity index (χ3v) is 8.92. The first kappa shape index (κ1) is 31.3. The Hall–Kier alpha value is -3.27. The fourth-order valence-electron chi connectivity index (χ4n) is 3.87. The van der Waals surface area contributed by atoms with E-state index in [9.17, 15) is 18.0 Å². The summed E-state index contributed by atoms with van der Waals surface area (Å²) in [5.74, 6) is -0.454. The van der Waals surface area contributed by atoms with E-state index in [1.54, 1.807) is 43.3 Å². The minimum absolute atomic E-state index is 0.00460. The van der Waals surface area contributed by atoms with Gasteiger partial charge in [-0.15, -0.1) is 0 Å². The molecule has 0 aliphatic carbocycles. The van der Waals surface area contributed by atoms with Gasteiger partial charge in [-0.1, -0.05) is 48.3 Å². The lowest BCUT2D eigenvalue weighted by atomic mass is 10.1. The number of amides is 2. The first-order valence-corrected chi connectivity index (χ1v) is 14.9. The van der Waals surface area contributed by atoms with Gasteiger partial charge in [-0.05, 0) is 80.4 Å². The minimum atomic E-state index is -4.21. The third kappa shape index (κ3) is 7.68. The predicted octanol–water partition coefficient (Wildman–Crippen LogP) is 5.53. The van der Waals surface area contributed by atoms with Gasteiger partial charge in [-0.2, -0.15) is 0 Å². The highest BCUT2D eigenvalue weighted by Gasteiger charge is 2.33. The first-order chi connectivity index (χ1) is 19.0. The summed E-state index contributed by atoms with van der Waals surface area (Å²) in [6.45, 7) is 4.86. The SMILES string of the molecule is CC[C@H](C)NC(=O)[C@@H](C)N(Cc1ccccc1Cl)C(=O)CN(c1ccc(Cl)cc1)S(=O)(=O)c1ccc(OC)cc1. The van der Waals surface area contributed by atoms with Gasteiger partial charge in [-0.25, -0.2) is 8.42 Å². The highest BCUT2D eigenvalue weighted by atomic mass is 35.5. The van der Waals surface area contributed by atoms with Crippen molar-refractivity contribution in [1.82, 2.24) is 10.2 Å². The van der Waals surface area contributed by atoms with Crippen LogP contribution in [0.5, 0.6) is 5.75 Å². The van der Waals surface area contributed by atoms with E-state index in [4.69, 9.17) is 27.9 Å². The summed E-state index contributed by atoms with van der Waals surface area (Å²) < 4.78 is 33.9. The van der Waals surface area contributed by atoms with Crippen molar-refractivity contribution in [2.45, 2.75) is 50.7 Å². The highest BCUT2D eigenvalue weighted by Crippen LogP contribution is 2.27. The van der Waals surface area contributed by atoms with Crippen molar-refractivity contribution in [3.8, 4) is 5.75 Å². The van der Waals surface area contributed by atoms with Gasteiger partial charge in [-0.3, -0.25) is 13.9 Å². The Morgan fingerprint density at radius 2 is 1.57 bits per heavy atom. The average molecular weight is 607 g/mol. The summed E-state index contributed by atoms with van der Waals surface area (Å²) in [4.78, 5) is 28.4. The molecule has 3 aromatic carbocycles. The number of halogens is 2. The standard InChI is InChI=1S/C29H33Cl2N3O5S/c1-5-20(2)32-29(36)21(3)33(18-22-8-6-7-9-27(22)31)28(35)19-34(24-12-10-23(30)11-13-24)40(37,38)26-16-14-25(39-4)15-17-26/h6-17,20-21H,5,18-19H2,1-4H3,(H,32,36)/t20-,21+/m0/s1. The van der Waals surface area contributed by atoms with Crippen LogP contribution in [0.1, 0.15) is 32.8 Å².